The second-order valence-corrected chi connectivity index (χ2v) is 7.81. The summed E-state index contributed by atoms with van der Waals surface area (Å²) >= 11 is 1.35. The molecule has 0 spiro atoms. The number of rotatable bonds is 8. The molecule has 136 valence electrons. The van der Waals surface area contributed by atoms with Crippen molar-refractivity contribution in [2.75, 3.05) is 5.75 Å². The SMILES string of the molecule is Cc1ccc(-n2nnnc2SCC(=O)NC(C)CCC(C)C)cc1C. The highest BCUT2D eigenvalue weighted by Gasteiger charge is 2.13. The van der Waals surface area contributed by atoms with Crippen molar-refractivity contribution in [3.63, 3.8) is 0 Å². The summed E-state index contributed by atoms with van der Waals surface area (Å²) in [5, 5.41) is 15.5. The van der Waals surface area contributed by atoms with Crippen molar-refractivity contribution in [2.24, 2.45) is 5.92 Å². The van der Waals surface area contributed by atoms with Gasteiger partial charge in [0.1, 0.15) is 0 Å². The molecule has 6 nitrogen and oxygen atoms in total. The summed E-state index contributed by atoms with van der Waals surface area (Å²) in [4.78, 5) is 12.1. The lowest BCUT2D eigenvalue weighted by molar-refractivity contribution is -0.119. The first-order chi connectivity index (χ1) is 11.9. The van der Waals surface area contributed by atoms with Gasteiger partial charge in [-0.3, -0.25) is 4.79 Å². The monoisotopic (exact) mass is 361 g/mol. The summed E-state index contributed by atoms with van der Waals surface area (Å²) in [7, 11) is 0. The number of nitrogens with one attached hydrogen (secondary N) is 1. The smallest absolute Gasteiger partial charge is 0.230 e. The van der Waals surface area contributed by atoms with Crippen LogP contribution in [0.25, 0.3) is 5.69 Å². The summed E-state index contributed by atoms with van der Waals surface area (Å²) in [6, 6.07) is 6.26. The maximum Gasteiger partial charge on any atom is 0.230 e. The zero-order valence-corrected chi connectivity index (χ0v) is 16.4. The van der Waals surface area contributed by atoms with Gasteiger partial charge in [-0.15, -0.1) is 5.10 Å². The quantitative estimate of drug-likeness (QED) is 0.730. The van der Waals surface area contributed by atoms with Gasteiger partial charge in [0.05, 0.1) is 11.4 Å². The Kier molecular flexibility index (Phi) is 6.99. The van der Waals surface area contributed by atoms with E-state index in [2.05, 4.69) is 48.5 Å². The van der Waals surface area contributed by atoms with Crippen LogP contribution in [0.4, 0.5) is 0 Å². The van der Waals surface area contributed by atoms with Gasteiger partial charge in [-0.25, -0.2) is 0 Å². The highest BCUT2D eigenvalue weighted by Crippen LogP contribution is 2.20. The molecule has 0 aliphatic rings. The molecule has 2 aromatic rings. The lowest BCUT2D eigenvalue weighted by atomic mass is 10.0. The molecule has 25 heavy (non-hydrogen) atoms. The van der Waals surface area contributed by atoms with Crippen LogP contribution in [-0.4, -0.2) is 37.9 Å². The predicted molar refractivity (Wildman–Crippen MR) is 101 cm³/mol. The molecule has 7 heteroatoms. The lowest BCUT2D eigenvalue weighted by Gasteiger charge is -2.14. The minimum atomic E-state index is 0.0101. The number of thioether (sulfide) groups is 1. The lowest BCUT2D eigenvalue weighted by Crippen LogP contribution is -2.34. The predicted octanol–water partition coefficient (Wildman–Crippen LogP) is 3.31. The van der Waals surface area contributed by atoms with Crippen LogP contribution in [0.5, 0.6) is 0 Å². The van der Waals surface area contributed by atoms with E-state index in [9.17, 15) is 4.79 Å². The number of tetrazole rings is 1. The maximum atomic E-state index is 12.1. The van der Waals surface area contributed by atoms with E-state index in [-0.39, 0.29) is 11.9 Å². The minimum Gasteiger partial charge on any atom is -0.353 e. The molecular weight excluding hydrogens is 334 g/mol. The van der Waals surface area contributed by atoms with Crippen molar-refractivity contribution in [1.29, 1.82) is 0 Å². The normalized spacial score (nSPS) is 12.4. The third-order valence-corrected chi connectivity index (χ3v) is 5.01. The zero-order chi connectivity index (χ0) is 18.4. The van der Waals surface area contributed by atoms with E-state index in [0.29, 0.717) is 16.8 Å². The number of benzene rings is 1. The van der Waals surface area contributed by atoms with E-state index in [0.717, 1.165) is 18.5 Å². The topological polar surface area (TPSA) is 72.7 Å². The van der Waals surface area contributed by atoms with Crippen LogP contribution in [0.1, 0.15) is 44.7 Å². The fourth-order valence-electron chi connectivity index (χ4n) is 2.39. The fourth-order valence-corrected chi connectivity index (χ4v) is 3.09. The van der Waals surface area contributed by atoms with Crippen molar-refractivity contribution in [3.8, 4) is 5.69 Å². The fraction of sp³-hybridized carbons (Fsp3) is 0.556. The van der Waals surface area contributed by atoms with Gasteiger partial charge in [0.25, 0.3) is 0 Å². The van der Waals surface area contributed by atoms with Gasteiger partial charge >= 0.3 is 0 Å². The Balaban J connectivity index is 1.92. The molecule has 0 aliphatic heterocycles. The van der Waals surface area contributed by atoms with Gasteiger partial charge in [0.15, 0.2) is 0 Å². The molecule has 1 unspecified atom stereocenters. The van der Waals surface area contributed by atoms with E-state index in [1.807, 2.05) is 25.1 Å². The van der Waals surface area contributed by atoms with Gasteiger partial charge in [-0.1, -0.05) is 31.7 Å². The second-order valence-electron chi connectivity index (χ2n) is 6.87. The average Bonchev–Trinajstić information content (AvgIpc) is 3.02. The third kappa shape index (κ3) is 5.85. The first-order valence-corrected chi connectivity index (χ1v) is 9.63. The van der Waals surface area contributed by atoms with E-state index < -0.39 is 0 Å². The molecule has 0 saturated heterocycles. The number of carbonyl (C=O) groups excluding carboxylic acids is 1. The Labute approximate surface area is 153 Å². The largest absolute Gasteiger partial charge is 0.353 e. The highest BCUT2D eigenvalue weighted by molar-refractivity contribution is 7.99. The van der Waals surface area contributed by atoms with Crippen LogP contribution in [-0.2, 0) is 4.79 Å². The zero-order valence-electron chi connectivity index (χ0n) is 15.6. The summed E-state index contributed by atoms with van der Waals surface area (Å²) in [5.41, 5.74) is 3.31. The Bertz CT molecular complexity index is 713. The van der Waals surface area contributed by atoms with Crippen molar-refractivity contribution < 1.29 is 4.79 Å². The van der Waals surface area contributed by atoms with Crippen molar-refractivity contribution >= 4 is 17.7 Å². The van der Waals surface area contributed by atoms with Crippen molar-refractivity contribution in [2.45, 2.75) is 58.7 Å². The summed E-state index contributed by atoms with van der Waals surface area (Å²) in [6.07, 6.45) is 2.11. The Hall–Kier alpha value is -1.89. The Morgan fingerprint density at radius 2 is 1.96 bits per heavy atom. The second kappa shape index (κ2) is 8.99. The van der Waals surface area contributed by atoms with Crippen LogP contribution in [0, 0.1) is 19.8 Å². The van der Waals surface area contributed by atoms with Crippen LogP contribution >= 0.6 is 11.8 Å². The molecule has 1 aromatic carbocycles. The summed E-state index contributed by atoms with van der Waals surface area (Å²) in [6.45, 7) is 10.6. The van der Waals surface area contributed by atoms with Gasteiger partial charge in [0.2, 0.25) is 11.1 Å². The van der Waals surface area contributed by atoms with E-state index >= 15 is 0 Å². The summed E-state index contributed by atoms with van der Waals surface area (Å²) in [5.74, 6) is 0.962. The number of hydrogen-bond acceptors (Lipinski definition) is 5. The van der Waals surface area contributed by atoms with Crippen molar-refractivity contribution in [1.82, 2.24) is 25.5 Å². The van der Waals surface area contributed by atoms with Gasteiger partial charge < -0.3 is 5.32 Å². The summed E-state index contributed by atoms with van der Waals surface area (Å²) < 4.78 is 1.67. The number of nitrogens with zero attached hydrogens (tertiary/aromatic N) is 4. The molecule has 0 radical (unpaired) electrons. The van der Waals surface area contributed by atoms with Crippen LogP contribution < -0.4 is 5.32 Å². The third-order valence-electron chi connectivity index (χ3n) is 4.09. The number of aromatic nitrogens is 4. The molecule has 2 rings (SSSR count). The average molecular weight is 362 g/mol. The van der Waals surface area contributed by atoms with Crippen LogP contribution in [0.2, 0.25) is 0 Å². The number of carbonyl (C=O) groups is 1. The van der Waals surface area contributed by atoms with Crippen LogP contribution in [0.15, 0.2) is 23.4 Å². The number of aryl methyl sites for hydroxylation is 2. The molecular formula is C18H27N5OS. The van der Waals surface area contributed by atoms with Crippen LogP contribution in [0.3, 0.4) is 0 Å². The molecule has 1 atom stereocenters. The van der Waals surface area contributed by atoms with Crippen molar-refractivity contribution in [3.05, 3.63) is 29.3 Å². The first kappa shape index (κ1) is 19.4. The van der Waals surface area contributed by atoms with Gasteiger partial charge in [-0.05, 0) is 73.2 Å². The molecule has 0 saturated carbocycles. The highest BCUT2D eigenvalue weighted by atomic mass is 32.2. The molecule has 0 aliphatic carbocycles. The Morgan fingerprint density at radius 3 is 2.64 bits per heavy atom. The van der Waals surface area contributed by atoms with Gasteiger partial charge in [-0.2, -0.15) is 4.68 Å². The number of amides is 1. The molecule has 1 amide bonds. The van der Waals surface area contributed by atoms with Gasteiger partial charge in [0, 0.05) is 6.04 Å². The van der Waals surface area contributed by atoms with E-state index in [1.165, 1.54) is 22.9 Å². The standard InChI is InChI=1S/C18H27N5OS/c1-12(2)6-8-15(5)19-17(24)11-25-18-20-21-22-23(18)16-9-7-13(3)14(4)10-16/h7,9-10,12,15H,6,8,11H2,1-5H3,(H,19,24). The van der Waals surface area contributed by atoms with E-state index in [1.54, 1.807) is 4.68 Å². The maximum absolute atomic E-state index is 12.1. The molecule has 1 heterocycles. The molecule has 0 fully saturated rings. The molecule has 1 aromatic heterocycles. The Morgan fingerprint density at radius 1 is 1.20 bits per heavy atom. The minimum absolute atomic E-state index is 0.0101. The van der Waals surface area contributed by atoms with E-state index in [4.69, 9.17) is 0 Å². The number of hydrogen-bond donors (Lipinski definition) is 1. The molecule has 1 N–H and O–H groups in total. The first-order valence-electron chi connectivity index (χ1n) is 8.65. The molecule has 0 bridgehead atoms.